The van der Waals surface area contributed by atoms with Crippen molar-refractivity contribution in [1.29, 1.82) is 0 Å². The Kier molecular flexibility index (Phi) is 5.78. The lowest BCUT2D eigenvalue weighted by Crippen LogP contribution is -2.51. The first-order valence-electron chi connectivity index (χ1n) is 7.95. The van der Waals surface area contributed by atoms with E-state index in [-0.39, 0.29) is 0 Å². The largest absolute Gasteiger partial charge is 0.544 e. The summed E-state index contributed by atoms with van der Waals surface area (Å²) >= 11 is 0. The highest BCUT2D eigenvalue weighted by molar-refractivity contribution is 6.70. The van der Waals surface area contributed by atoms with Crippen LogP contribution in [0.5, 0.6) is 5.75 Å². The third-order valence-corrected chi connectivity index (χ3v) is 4.60. The van der Waals surface area contributed by atoms with Gasteiger partial charge in [0.15, 0.2) is 0 Å². The molecule has 1 aromatic rings. The predicted molar refractivity (Wildman–Crippen MR) is 89.6 cm³/mol. The Hall–Kier alpha value is -1.02. The van der Waals surface area contributed by atoms with Crippen molar-refractivity contribution in [2.45, 2.75) is 31.6 Å². The maximum Gasteiger partial charge on any atom is 0.289 e. The van der Waals surface area contributed by atoms with Gasteiger partial charge in [-0.05, 0) is 37.3 Å². The molecular formula is C16H26F2N2O2Si. The molecule has 23 heavy (non-hydrogen) atoms. The van der Waals surface area contributed by atoms with Gasteiger partial charge in [0, 0.05) is 26.2 Å². The summed E-state index contributed by atoms with van der Waals surface area (Å²) in [4.78, 5) is 1.74. The molecule has 1 aromatic carbocycles. The number of nitrogens with one attached hydrogen (secondary N) is 1. The van der Waals surface area contributed by atoms with Gasteiger partial charge in [-0.1, -0.05) is 12.1 Å². The molecule has 0 bridgehead atoms. The maximum atomic E-state index is 14.3. The van der Waals surface area contributed by atoms with Crippen LogP contribution >= 0.6 is 0 Å². The van der Waals surface area contributed by atoms with E-state index >= 15 is 0 Å². The van der Waals surface area contributed by atoms with E-state index in [1.54, 1.807) is 29.2 Å². The number of rotatable bonds is 6. The van der Waals surface area contributed by atoms with E-state index in [9.17, 15) is 8.78 Å². The molecule has 0 aliphatic carbocycles. The predicted octanol–water partition coefficient (Wildman–Crippen LogP) is 2.47. The van der Waals surface area contributed by atoms with Gasteiger partial charge in [0.2, 0.25) is 8.32 Å². The molecule has 2 rings (SSSR count). The van der Waals surface area contributed by atoms with Gasteiger partial charge in [-0.15, -0.1) is 0 Å². The normalized spacial score (nSPS) is 18.7. The zero-order valence-electron chi connectivity index (χ0n) is 14.0. The zero-order valence-corrected chi connectivity index (χ0v) is 15.0. The van der Waals surface area contributed by atoms with E-state index < -0.39 is 26.9 Å². The van der Waals surface area contributed by atoms with Crippen LogP contribution in [0.25, 0.3) is 0 Å². The van der Waals surface area contributed by atoms with Crippen molar-refractivity contribution < 1.29 is 18.3 Å². The van der Waals surface area contributed by atoms with Crippen molar-refractivity contribution in [3.8, 4) is 5.75 Å². The Morgan fingerprint density at radius 2 is 1.78 bits per heavy atom. The van der Waals surface area contributed by atoms with Crippen LogP contribution < -0.4 is 9.74 Å². The van der Waals surface area contributed by atoms with E-state index in [1.165, 1.54) is 0 Å². The fourth-order valence-corrected chi connectivity index (χ4v) is 3.66. The van der Waals surface area contributed by atoms with Crippen LogP contribution in [-0.2, 0) is 0 Å². The molecule has 1 heterocycles. The molecule has 0 spiro atoms. The van der Waals surface area contributed by atoms with E-state index in [0.29, 0.717) is 37.5 Å². The fourth-order valence-electron chi connectivity index (χ4n) is 2.82. The van der Waals surface area contributed by atoms with E-state index in [1.807, 2.05) is 0 Å². The molecule has 1 saturated heterocycles. The summed E-state index contributed by atoms with van der Waals surface area (Å²) in [6, 6.07) is 5.75. The topological polar surface area (TPSA) is 44.7 Å². The molecular weight excluding hydrogens is 318 g/mol. The van der Waals surface area contributed by atoms with Gasteiger partial charge < -0.3 is 14.8 Å². The van der Waals surface area contributed by atoms with E-state index in [2.05, 4.69) is 25.0 Å². The molecule has 0 amide bonds. The van der Waals surface area contributed by atoms with Crippen LogP contribution in [0.1, 0.15) is 11.6 Å². The number of nitrogens with zero attached hydrogens (tertiary/aromatic N) is 1. The minimum atomic E-state index is -3.18. The molecule has 0 aromatic heterocycles. The van der Waals surface area contributed by atoms with Crippen molar-refractivity contribution in [3.63, 3.8) is 0 Å². The first kappa shape index (κ1) is 18.3. The third-order valence-electron chi connectivity index (χ3n) is 3.75. The Morgan fingerprint density at radius 3 is 2.26 bits per heavy atom. The molecule has 0 unspecified atom stereocenters. The number of hydrogen-bond acceptors (Lipinski definition) is 4. The van der Waals surface area contributed by atoms with Crippen molar-refractivity contribution in [2.24, 2.45) is 0 Å². The highest BCUT2D eigenvalue weighted by Gasteiger charge is 2.44. The summed E-state index contributed by atoms with van der Waals surface area (Å²) in [7, 11) is -1.73. The van der Waals surface area contributed by atoms with Crippen LogP contribution in [0.2, 0.25) is 19.6 Å². The van der Waals surface area contributed by atoms with Crippen LogP contribution in [0, 0.1) is 0 Å². The summed E-state index contributed by atoms with van der Waals surface area (Å²) < 4.78 is 34.5. The molecule has 130 valence electrons. The van der Waals surface area contributed by atoms with Crippen LogP contribution in [0.15, 0.2) is 24.3 Å². The summed E-state index contributed by atoms with van der Waals surface area (Å²) in [6.07, 6.45) is 0. The number of hydrogen-bond donors (Lipinski definition) is 2. The first-order valence-corrected chi connectivity index (χ1v) is 11.4. The lowest BCUT2D eigenvalue weighted by Gasteiger charge is -2.38. The van der Waals surface area contributed by atoms with Crippen LogP contribution in [0.3, 0.4) is 0 Å². The summed E-state index contributed by atoms with van der Waals surface area (Å²) in [5.74, 6) is -2.47. The first-order chi connectivity index (χ1) is 10.7. The molecule has 0 radical (unpaired) electrons. The minimum Gasteiger partial charge on any atom is -0.544 e. The molecule has 0 saturated carbocycles. The maximum absolute atomic E-state index is 14.3. The van der Waals surface area contributed by atoms with E-state index in [0.717, 1.165) is 0 Å². The molecule has 1 aliphatic heterocycles. The summed E-state index contributed by atoms with van der Waals surface area (Å²) in [6.45, 7) is 7.48. The number of alkyl halides is 2. The molecule has 7 heteroatoms. The van der Waals surface area contributed by atoms with Gasteiger partial charge in [-0.2, -0.15) is 0 Å². The van der Waals surface area contributed by atoms with Gasteiger partial charge in [0.1, 0.15) is 18.4 Å². The number of benzene rings is 1. The Labute approximate surface area is 137 Å². The standard InChI is InChI=1S/C16H26F2N2O2Si/c1-23(2,3)22-14-6-4-13(5-7-14)15(16(17,18)12-21)20-10-8-19-9-11-20/h4-7,15,19,21H,8-12H2,1-3H3/t15-/m1/s1. The number of halogens is 2. The van der Waals surface area contributed by atoms with E-state index in [4.69, 9.17) is 9.53 Å². The average molecular weight is 344 g/mol. The highest BCUT2D eigenvalue weighted by atomic mass is 28.4. The average Bonchev–Trinajstić information content (AvgIpc) is 2.49. The van der Waals surface area contributed by atoms with Gasteiger partial charge >= 0.3 is 0 Å². The Balaban J connectivity index is 2.24. The number of piperazine rings is 1. The number of aliphatic hydroxyl groups excluding tert-OH is 1. The van der Waals surface area contributed by atoms with Crippen molar-refractivity contribution >= 4 is 8.32 Å². The quantitative estimate of drug-likeness (QED) is 0.778. The molecule has 1 aliphatic rings. The molecule has 2 N–H and O–H groups in total. The smallest absolute Gasteiger partial charge is 0.289 e. The third kappa shape index (κ3) is 4.97. The van der Waals surface area contributed by atoms with Crippen LogP contribution in [-0.4, -0.2) is 57.0 Å². The SMILES string of the molecule is C[Si](C)(C)Oc1ccc([C@@H](N2CCNCC2)C(F)(F)CO)cc1. The van der Waals surface area contributed by atoms with Gasteiger partial charge in [0.25, 0.3) is 5.92 Å². The molecule has 4 nitrogen and oxygen atoms in total. The summed E-state index contributed by atoms with van der Waals surface area (Å²) in [5.41, 5.74) is 0.508. The zero-order chi connectivity index (χ0) is 17.1. The van der Waals surface area contributed by atoms with Gasteiger partial charge in [-0.25, -0.2) is 8.78 Å². The van der Waals surface area contributed by atoms with Crippen molar-refractivity contribution in [2.75, 3.05) is 32.8 Å². The lowest BCUT2D eigenvalue weighted by atomic mass is 9.98. The second-order valence-corrected chi connectivity index (χ2v) is 11.3. The van der Waals surface area contributed by atoms with Gasteiger partial charge in [-0.3, -0.25) is 4.90 Å². The monoisotopic (exact) mass is 344 g/mol. The number of aliphatic hydroxyl groups is 1. The van der Waals surface area contributed by atoms with Gasteiger partial charge in [0.05, 0.1) is 0 Å². The Bertz CT molecular complexity index is 500. The summed E-state index contributed by atoms with van der Waals surface area (Å²) in [5, 5.41) is 12.3. The Morgan fingerprint density at radius 1 is 1.22 bits per heavy atom. The fraction of sp³-hybridized carbons (Fsp3) is 0.625. The molecule has 1 atom stereocenters. The second-order valence-electron chi connectivity index (χ2n) is 6.89. The lowest BCUT2D eigenvalue weighted by molar-refractivity contribution is -0.118. The highest BCUT2D eigenvalue weighted by Crippen LogP contribution is 2.37. The van der Waals surface area contributed by atoms with Crippen molar-refractivity contribution in [3.05, 3.63) is 29.8 Å². The minimum absolute atomic E-state index is 0.508. The molecule has 1 fully saturated rings. The van der Waals surface area contributed by atoms with Crippen molar-refractivity contribution in [1.82, 2.24) is 10.2 Å². The van der Waals surface area contributed by atoms with Crippen LogP contribution in [0.4, 0.5) is 8.78 Å². The second kappa shape index (κ2) is 7.25.